The highest BCUT2D eigenvalue weighted by molar-refractivity contribution is 5.98. The number of aromatic nitrogens is 2. The Hall–Kier alpha value is -2.76. The summed E-state index contributed by atoms with van der Waals surface area (Å²) in [6, 6.07) is 9.86. The zero-order chi connectivity index (χ0) is 16.1. The number of nitrogens with one attached hydrogen (secondary N) is 1. The van der Waals surface area contributed by atoms with Crippen LogP contribution in [-0.4, -0.2) is 28.3 Å². The first-order chi connectivity index (χ1) is 11.2. The van der Waals surface area contributed by atoms with Crippen molar-refractivity contribution in [2.75, 3.05) is 12.3 Å². The molecule has 0 fully saturated rings. The molecule has 1 unspecified atom stereocenters. The third-order valence-electron chi connectivity index (χ3n) is 3.81. The molecular formula is C17H20N4O2. The fraction of sp³-hybridized carbons (Fsp3) is 0.294. The second kappa shape index (κ2) is 7.00. The van der Waals surface area contributed by atoms with E-state index in [0.29, 0.717) is 24.5 Å². The van der Waals surface area contributed by atoms with Gasteiger partial charge in [-0.05, 0) is 24.5 Å². The zero-order valence-electron chi connectivity index (χ0n) is 12.8. The molecule has 1 atom stereocenters. The Balaban J connectivity index is 1.61. The van der Waals surface area contributed by atoms with Crippen LogP contribution in [0.15, 0.2) is 48.9 Å². The van der Waals surface area contributed by atoms with Crippen molar-refractivity contribution in [2.24, 2.45) is 0 Å². The van der Waals surface area contributed by atoms with Crippen LogP contribution in [0.1, 0.15) is 28.8 Å². The van der Waals surface area contributed by atoms with E-state index < -0.39 is 0 Å². The van der Waals surface area contributed by atoms with Crippen molar-refractivity contribution < 1.29 is 9.53 Å². The summed E-state index contributed by atoms with van der Waals surface area (Å²) in [5, 5.41) is 7.07. The van der Waals surface area contributed by atoms with Crippen LogP contribution >= 0.6 is 0 Å². The Labute approximate surface area is 134 Å². The molecule has 120 valence electrons. The smallest absolute Gasteiger partial charge is 0.256 e. The number of nitrogens with two attached hydrogens (primary N) is 1. The fourth-order valence-corrected chi connectivity index (χ4v) is 2.49. The lowest BCUT2D eigenvalue weighted by Gasteiger charge is -2.19. The SMILES string of the molecule is Nc1c(C(=O)NCC2CCC=CO2)cnn1Cc1ccccc1. The number of carbonyl (C=O) groups is 1. The van der Waals surface area contributed by atoms with Crippen molar-refractivity contribution in [3.8, 4) is 0 Å². The predicted octanol–water partition coefficient (Wildman–Crippen LogP) is 1.94. The van der Waals surface area contributed by atoms with E-state index in [0.717, 1.165) is 18.4 Å². The van der Waals surface area contributed by atoms with Gasteiger partial charge in [0, 0.05) is 0 Å². The first-order valence-electron chi connectivity index (χ1n) is 7.68. The van der Waals surface area contributed by atoms with Gasteiger partial charge < -0.3 is 15.8 Å². The molecule has 0 bridgehead atoms. The molecule has 2 heterocycles. The zero-order valence-corrected chi connectivity index (χ0v) is 12.8. The summed E-state index contributed by atoms with van der Waals surface area (Å²) in [5.41, 5.74) is 7.53. The van der Waals surface area contributed by atoms with E-state index in [1.54, 1.807) is 10.9 Å². The second-order valence-electron chi connectivity index (χ2n) is 5.50. The van der Waals surface area contributed by atoms with E-state index in [1.165, 1.54) is 6.20 Å². The van der Waals surface area contributed by atoms with Gasteiger partial charge in [-0.3, -0.25) is 4.79 Å². The lowest BCUT2D eigenvalue weighted by Crippen LogP contribution is -2.33. The quantitative estimate of drug-likeness (QED) is 0.884. The number of hydrogen-bond donors (Lipinski definition) is 2. The Morgan fingerprint density at radius 3 is 2.96 bits per heavy atom. The predicted molar refractivity (Wildman–Crippen MR) is 87.8 cm³/mol. The Morgan fingerprint density at radius 1 is 1.39 bits per heavy atom. The summed E-state index contributed by atoms with van der Waals surface area (Å²) >= 11 is 0. The van der Waals surface area contributed by atoms with Crippen LogP contribution in [0.2, 0.25) is 0 Å². The highest BCUT2D eigenvalue weighted by atomic mass is 16.5. The topological polar surface area (TPSA) is 82.2 Å². The third kappa shape index (κ3) is 3.71. The van der Waals surface area contributed by atoms with E-state index in [1.807, 2.05) is 36.4 Å². The van der Waals surface area contributed by atoms with E-state index in [4.69, 9.17) is 10.5 Å². The number of allylic oxidation sites excluding steroid dienone is 1. The van der Waals surface area contributed by atoms with Gasteiger partial charge in [0.25, 0.3) is 5.91 Å². The highest BCUT2D eigenvalue weighted by Crippen LogP contribution is 2.14. The molecule has 3 rings (SSSR count). The minimum Gasteiger partial charge on any atom is -0.497 e. The van der Waals surface area contributed by atoms with Gasteiger partial charge in [-0.25, -0.2) is 4.68 Å². The summed E-state index contributed by atoms with van der Waals surface area (Å²) < 4.78 is 7.06. The monoisotopic (exact) mass is 312 g/mol. The lowest BCUT2D eigenvalue weighted by atomic mass is 10.1. The number of ether oxygens (including phenoxy) is 1. The average molecular weight is 312 g/mol. The van der Waals surface area contributed by atoms with Crippen LogP contribution in [0.3, 0.4) is 0 Å². The van der Waals surface area contributed by atoms with E-state index in [-0.39, 0.29) is 12.0 Å². The number of amides is 1. The molecule has 1 aliphatic heterocycles. The molecule has 0 radical (unpaired) electrons. The van der Waals surface area contributed by atoms with Gasteiger partial charge in [-0.2, -0.15) is 5.10 Å². The number of anilines is 1. The highest BCUT2D eigenvalue weighted by Gasteiger charge is 2.17. The molecule has 6 nitrogen and oxygen atoms in total. The molecule has 1 amide bonds. The molecule has 3 N–H and O–H groups in total. The molecule has 1 aromatic carbocycles. The maximum Gasteiger partial charge on any atom is 0.256 e. The van der Waals surface area contributed by atoms with Crippen LogP contribution in [-0.2, 0) is 11.3 Å². The molecule has 0 saturated heterocycles. The number of rotatable bonds is 5. The van der Waals surface area contributed by atoms with Crippen LogP contribution in [0.5, 0.6) is 0 Å². The largest absolute Gasteiger partial charge is 0.497 e. The van der Waals surface area contributed by atoms with E-state index >= 15 is 0 Å². The molecule has 2 aromatic rings. The Morgan fingerprint density at radius 2 is 2.22 bits per heavy atom. The number of carbonyl (C=O) groups excluding carboxylic acids is 1. The van der Waals surface area contributed by atoms with Crippen molar-refractivity contribution >= 4 is 11.7 Å². The van der Waals surface area contributed by atoms with Gasteiger partial charge in [-0.15, -0.1) is 0 Å². The minimum absolute atomic E-state index is 0.0181. The molecular weight excluding hydrogens is 292 g/mol. The van der Waals surface area contributed by atoms with Crippen molar-refractivity contribution in [1.29, 1.82) is 0 Å². The Kier molecular flexibility index (Phi) is 4.61. The van der Waals surface area contributed by atoms with Crippen LogP contribution < -0.4 is 11.1 Å². The molecule has 0 saturated carbocycles. The third-order valence-corrected chi connectivity index (χ3v) is 3.81. The van der Waals surface area contributed by atoms with Gasteiger partial charge in [-0.1, -0.05) is 30.3 Å². The van der Waals surface area contributed by atoms with Crippen molar-refractivity contribution in [2.45, 2.75) is 25.5 Å². The number of nitrogen functional groups attached to an aromatic ring is 1. The normalized spacial score (nSPS) is 16.8. The van der Waals surface area contributed by atoms with E-state index in [9.17, 15) is 4.79 Å². The maximum absolute atomic E-state index is 12.3. The van der Waals surface area contributed by atoms with Crippen LogP contribution in [0.4, 0.5) is 5.82 Å². The summed E-state index contributed by atoms with van der Waals surface area (Å²) in [4.78, 5) is 12.3. The maximum atomic E-state index is 12.3. The standard InChI is InChI=1S/C17H20N4O2/c18-16-15(17(22)19-10-14-8-4-5-9-23-14)11-20-21(16)12-13-6-2-1-3-7-13/h1-3,5-7,9,11,14H,4,8,10,12,18H2,(H,19,22). The lowest BCUT2D eigenvalue weighted by molar-refractivity contribution is 0.0876. The van der Waals surface area contributed by atoms with Gasteiger partial charge in [0.1, 0.15) is 17.5 Å². The van der Waals surface area contributed by atoms with Gasteiger partial charge in [0.05, 0.1) is 25.5 Å². The molecule has 23 heavy (non-hydrogen) atoms. The number of benzene rings is 1. The van der Waals surface area contributed by atoms with Crippen molar-refractivity contribution in [3.05, 3.63) is 60.0 Å². The number of hydrogen-bond acceptors (Lipinski definition) is 4. The average Bonchev–Trinajstić information content (AvgIpc) is 2.95. The Bertz CT molecular complexity index is 694. The summed E-state index contributed by atoms with van der Waals surface area (Å²) in [6.07, 6.45) is 7.06. The first-order valence-corrected chi connectivity index (χ1v) is 7.68. The van der Waals surface area contributed by atoms with Crippen LogP contribution in [0, 0.1) is 0 Å². The second-order valence-corrected chi connectivity index (χ2v) is 5.50. The fourth-order valence-electron chi connectivity index (χ4n) is 2.49. The molecule has 1 aliphatic rings. The molecule has 6 heteroatoms. The molecule has 1 aromatic heterocycles. The summed E-state index contributed by atoms with van der Waals surface area (Å²) in [5.74, 6) is 0.149. The van der Waals surface area contributed by atoms with E-state index in [2.05, 4.69) is 10.4 Å². The van der Waals surface area contributed by atoms with Crippen LogP contribution in [0.25, 0.3) is 0 Å². The minimum atomic E-state index is -0.222. The van der Waals surface area contributed by atoms with Gasteiger partial charge in [0.2, 0.25) is 0 Å². The summed E-state index contributed by atoms with van der Waals surface area (Å²) in [7, 11) is 0. The molecule has 0 aliphatic carbocycles. The number of nitrogens with zero attached hydrogens (tertiary/aromatic N) is 2. The van der Waals surface area contributed by atoms with Crippen molar-refractivity contribution in [3.63, 3.8) is 0 Å². The van der Waals surface area contributed by atoms with Crippen molar-refractivity contribution in [1.82, 2.24) is 15.1 Å². The molecule has 0 spiro atoms. The first kappa shape index (κ1) is 15.1. The van der Waals surface area contributed by atoms with Gasteiger partial charge >= 0.3 is 0 Å². The van der Waals surface area contributed by atoms with Gasteiger partial charge in [0.15, 0.2) is 0 Å². The summed E-state index contributed by atoms with van der Waals surface area (Å²) in [6.45, 7) is 1.00.